The molecule has 0 amide bonds. The lowest BCUT2D eigenvalue weighted by atomic mass is 10.1. The van der Waals surface area contributed by atoms with Crippen LogP contribution in [0.15, 0.2) is 29.3 Å². The van der Waals surface area contributed by atoms with Gasteiger partial charge in [0.2, 0.25) is 10.0 Å². The molecule has 29 heavy (non-hydrogen) atoms. The molecule has 0 fully saturated rings. The van der Waals surface area contributed by atoms with Crippen molar-refractivity contribution in [3.05, 3.63) is 52.7 Å². The Morgan fingerprint density at radius 3 is 2.34 bits per heavy atom. The molecule has 0 aliphatic rings. The lowest BCUT2D eigenvalue weighted by molar-refractivity contribution is 0.514. The number of hydrogen-bond acceptors (Lipinski definition) is 5. The van der Waals surface area contributed by atoms with Crippen molar-refractivity contribution in [1.29, 1.82) is 0 Å². The van der Waals surface area contributed by atoms with Gasteiger partial charge in [0, 0.05) is 24.5 Å². The molecule has 9 heteroatoms. The van der Waals surface area contributed by atoms with Gasteiger partial charge in [0.15, 0.2) is 5.82 Å². The summed E-state index contributed by atoms with van der Waals surface area (Å²) in [7, 11) is -3.65. The van der Waals surface area contributed by atoms with Crippen LogP contribution in [0.3, 0.4) is 0 Å². The van der Waals surface area contributed by atoms with Crippen LogP contribution in [0.25, 0.3) is 5.82 Å². The average molecular weight is 417 g/mol. The fraction of sp³-hybridized carbons (Fsp3) is 0.450. The summed E-state index contributed by atoms with van der Waals surface area (Å²) in [5, 5.41) is 8.95. The minimum Gasteiger partial charge on any atom is -0.266 e. The van der Waals surface area contributed by atoms with E-state index in [0.29, 0.717) is 17.8 Å². The van der Waals surface area contributed by atoms with Crippen LogP contribution in [-0.4, -0.2) is 39.5 Å². The summed E-state index contributed by atoms with van der Waals surface area (Å²) in [5.74, 6) is 0.743. The topological polar surface area (TPSA) is 94.7 Å². The van der Waals surface area contributed by atoms with Crippen molar-refractivity contribution in [3.8, 4) is 5.82 Å². The van der Waals surface area contributed by atoms with Crippen LogP contribution in [0.2, 0.25) is 0 Å². The fourth-order valence-electron chi connectivity index (χ4n) is 3.66. The highest BCUT2D eigenvalue weighted by Gasteiger charge is 2.25. The summed E-state index contributed by atoms with van der Waals surface area (Å²) in [4.78, 5) is 4.61. The number of hydrogen-bond donors (Lipinski definition) is 1. The lowest BCUT2D eigenvalue weighted by Crippen LogP contribution is -2.27. The van der Waals surface area contributed by atoms with Gasteiger partial charge >= 0.3 is 0 Å². The third-order valence-electron chi connectivity index (χ3n) is 4.99. The molecule has 0 aromatic carbocycles. The minimum absolute atomic E-state index is 0.0976. The first-order valence-corrected chi connectivity index (χ1v) is 11.1. The van der Waals surface area contributed by atoms with E-state index in [0.717, 1.165) is 22.8 Å². The van der Waals surface area contributed by atoms with Gasteiger partial charge in [0.05, 0.1) is 17.1 Å². The van der Waals surface area contributed by atoms with Crippen LogP contribution >= 0.6 is 0 Å². The molecule has 0 saturated carbocycles. The van der Waals surface area contributed by atoms with E-state index in [1.165, 1.54) is 0 Å². The molecule has 0 aliphatic heterocycles. The Morgan fingerprint density at radius 1 is 1.03 bits per heavy atom. The Morgan fingerprint density at radius 2 is 1.76 bits per heavy atom. The highest BCUT2D eigenvalue weighted by molar-refractivity contribution is 7.89. The third-order valence-corrected chi connectivity index (χ3v) is 6.70. The van der Waals surface area contributed by atoms with Crippen molar-refractivity contribution in [3.63, 3.8) is 0 Å². The molecular weight excluding hydrogens is 388 g/mol. The summed E-state index contributed by atoms with van der Waals surface area (Å²) >= 11 is 0. The smallest absolute Gasteiger partial charge is 0.244 e. The first kappa shape index (κ1) is 21.2. The zero-order chi connectivity index (χ0) is 21.3. The van der Waals surface area contributed by atoms with Gasteiger partial charge in [0.25, 0.3) is 0 Å². The summed E-state index contributed by atoms with van der Waals surface area (Å²) in [5.41, 5.74) is 4.01. The highest BCUT2D eigenvalue weighted by Crippen LogP contribution is 2.22. The molecule has 0 radical (unpaired) electrons. The predicted octanol–water partition coefficient (Wildman–Crippen LogP) is 2.80. The van der Waals surface area contributed by atoms with Gasteiger partial charge in [0.1, 0.15) is 4.90 Å². The zero-order valence-corrected chi connectivity index (χ0v) is 18.6. The second kappa shape index (κ2) is 8.08. The number of nitrogens with zero attached hydrogens (tertiary/aromatic N) is 5. The van der Waals surface area contributed by atoms with Crippen molar-refractivity contribution < 1.29 is 8.42 Å². The van der Waals surface area contributed by atoms with E-state index < -0.39 is 10.0 Å². The molecule has 8 nitrogen and oxygen atoms in total. The normalized spacial score (nSPS) is 12.1. The Balaban J connectivity index is 1.78. The maximum Gasteiger partial charge on any atom is 0.244 e. The molecule has 3 aromatic rings. The molecule has 0 aliphatic carbocycles. The van der Waals surface area contributed by atoms with Crippen molar-refractivity contribution in [2.75, 3.05) is 6.54 Å². The molecular formula is C20H28N6O2S. The van der Waals surface area contributed by atoms with E-state index in [2.05, 4.69) is 19.9 Å². The SMILES string of the molecule is Cc1nn(-c2ccccn2)c(C)c1CCNS(=O)(=O)c1c(C)nn(C(C)C)c1C. The molecule has 1 N–H and O–H groups in total. The molecule has 0 spiro atoms. The maximum absolute atomic E-state index is 12.9. The first-order chi connectivity index (χ1) is 13.6. The molecule has 3 rings (SSSR count). The van der Waals surface area contributed by atoms with Crippen LogP contribution in [0.5, 0.6) is 0 Å². The van der Waals surface area contributed by atoms with E-state index >= 15 is 0 Å². The predicted molar refractivity (Wildman–Crippen MR) is 112 cm³/mol. The van der Waals surface area contributed by atoms with Gasteiger partial charge in [-0.3, -0.25) is 4.68 Å². The van der Waals surface area contributed by atoms with Gasteiger partial charge in [-0.1, -0.05) is 6.07 Å². The van der Waals surface area contributed by atoms with E-state index in [-0.39, 0.29) is 17.5 Å². The molecule has 0 saturated heterocycles. The van der Waals surface area contributed by atoms with E-state index in [9.17, 15) is 8.42 Å². The summed E-state index contributed by atoms with van der Waals surface area (Å²) in [6, 6.07) is 5.76. The lowest BCUT2D eigenvalue weighted by Gasteiger charge is -2.10. The van der Waals surface area contributed by atoms with E-state index in [1.807, 2.05) is 45.9 Å². The van der Waals surface area contributed by atoms with Crippen LogP contribution in [0.4, 0.5) is 0 Å². The second-order valence-electron chi connectivity index (χ2n) is 7.44. The van der Waals surface area contributed by atoms with Gasteiger partial charge in [-0.15, -0.1) is 0 Å². The van der Waals surface area contributed by atoms with Gasteiger partial charge < -0.3 is 0 Å². The number of rotatable bonds is 7. The highest BCUT2D eigenvalue weighted by atomic mass is 32.2. The van der Waals surface area contributed by atoms with Crippen molar-refractivity contribution >= 4 is 10.0 Å². The number of sulfonamides is 1. The van der Waals surface area contributed by atoms with Gasteiger partial charge in [-0.05, 0) is 65.7 Å². The zero-order valence-electron chi connectivity index (χ0n) is 17.8. The van der Waals surface area contributed by atoms with Crippen molar-refractivity contribution in [1.82, 2.24) is 29.3 Å². The van der Waals surface area contributed by atoms with Crippen LogP contribution in [0, 0.1) is 27.7 Å². The molecule has 156 valence electrons. The Bertz CT molecular complexity index is 1110. The van der Waals surface area contributed by atoms with E-state index in [1.54, 1.807) is 29.4 Å². The van der Waals surface area contributed by atoms with Crippen molar-refractivity contribution in [2.24, 2.45) is 0 Å². The number of pyridine rings is 1. The van der Waals surface area contributed by atoms with Crippen molar-refractivity contribution in [2.45, 2.75) is 58.9 Å². The monoisotopic (exact) mass is 416 g/mol. The quantitative estimate of drug-likeness (QED) is 0.639. The molecule has 0 bridgehead atoms. The number of nitrogens with one attached hydrogen (secondary N) is 1. The summed E-state index contributed by atoms with van der Waals surface area (Å²) in [6.45, 7) is 11.7. The average Bonchev–Trinajstić information content (AvgIpc) is 3.12. The third kappa shape index (κ3) is 4.11. The van der Waals surface area contributed by atoms with Gasteiger partial charge in [-0.2, -0.15) is 10.2 Å². The summed E-state index contributed by atoms with van der Waals surface area (Å²) < 4.78 is 32.1. The standard InChI is InChI=1S/C20H28N6O2S/c1-13(2)25-17(6)20(15(4)24-25)29(27,28)22-12-10-18-14(3)23-26(16(18)5)19-9-7-8-11-21-19/h7-9,11,13,22H,10,12H2,1-6H3. The molecule has 0 unspecified atom stereocenters. The van der Waals surface area contributed by atoms with Crippen LogP contribution in [0.1, 0.15) is 48.2 Å². The van der Waals surface area contributed by atoms with Crippen LogP contribution in [-0.2, 0) is 16.4 Å². The van der Waals surface area contributed by atoms with Crippen LogP contribution < -0.4 is 4.72 Å². The number of aryl methyl sites for hydroxylation is 2. The molecule has 0 atom stereocenters. The maximum atomic E-state index is 12.9. The minimum atomic E-state index is -3.65. The largest absolute Gasteiger partial charge is 0.266 e. The number of aromatic nitrogens is 5. The Kier molecular flexibility index (Phi) is 5.90. The first-order valence-electron chi connectivity index (χ1n) is 9.65. The molecule has 3 heterocycles. The fourth-order valence-corrected chi connectivity index (χ4v) is 5.09. The Labute approximate surface area is 172 Å². The Hall–Kier alpha value is -2.52. The second-order valence-corrected chi connectivity index (χ2v) is 9.14. The van der Waals surface area contributed by atoms with E-state index in [4.69, 9.17) is 0 Å². The summed E-state index contributed by atoms with van der Waals surface area (Å²) in [6.07, 6.45) is 2.27. The van der Waals surface area contributed by atoms with Gasteiger partial charge in [-0.25, -0.2) is 22.8 Å². The molecule has 3 aromatic heterocycles.